The molecule has 28 heavy (non-hydrogen) atoms. The normalized spacial score (nSPS) is 9.89. The van der Waals surface area contributed by atoms with Crippen molar-refractivity contribution in [2.24, 2.45) is 0 Å². The second-order valence-electron chi connectivity index (χ2n) is 7.03. The summed E-state index contributed by atoms with van der Waals surface area (Å²) in [5, 5.41) is 2.36. The molecule has 0 aliphatic rings. The molecule has 0 saturated carbocycles. The van der Waals surface area contributed by atoms with Crippen LogP contribution in [0.25, 0.3) is 10.8 Å². The van der Waals surface area contributed by atoms with Gasteiger partial charge in [0.15, 0.2) is 0 Å². The summed E-state index contributed by atoms with van der Waals surface area (Å²) in [5.74, 6) is 1.92. The van der Waals surface area contributed by atoms with Crippen LogP contribution in [0.1, 0.15) is 68.4 Å². The van der Waals surface area contributed by atoms with Gasteiger partial charge in [0.05, 0.1) is 0 Å². The third kappa shape index (κ3) is 5.38. The van der Waals surface area contributed by atoms with E-state index in [9.17, 15) is 0 Å². The molecule has 0 heterocycles. The van der Waals surface area contributed by atoms with E-state index in [1.165, 1.54) is 46.0 Å². The largest absolute Gasteiger partial charge is 0.456 e. The summed E-state index contributed by atoms with van der Waals surface area (Å²) < 4.78 is 6.37. The number of unbranched alkanes of at least 4 members (excludes halogenated alkanes) is 1. The van der Waals surface area contributed by atoms with Gasteiger partial charge in [0.2, 0.25) is 0 Å². The third-order valence-corrected chi connectivity index (χ3v) is 5.39. The van der Waals surface area contributed by atoms with Crippen LogP contribution in [0.5, 0.6) is 11.5 Å². The van der Waals surface area contributed by atoms with Crippen molar-refractivity contribution in [1.82, 2.24) is 0 Å². The van der Waals surface area contributed by atoms with Gasteiger partial charge in [-0.1, -0.05) is 76.9 Å². The molecule has 0 aliphatic heterocycles. The van der Waals surface area contributed by atoms with E-state index < -0.39 is 0 Å². The maximum absolute atomic E-state index is 6.37. The molecule has 0 atom stereocenters. The minimum Gasteiger partial charge on any atom is -0.456 e. The first-order chi connectivity index (χ1) is 13.4. The fourth-order valence-electron chi connectivity index (χ4n) is 3.01. The average molecular weight is 379 g/mol. The van der Waals surface area contributed by atoms with Gasteiger partial charge < -0.3 is 4.74 Å². The summed E-state index contributed by atoms with van der Waals surface area (Å²) in [4.78, 5) is 0. The lowest BCUT2D eigenvalue weighted by Gasteiger charge is -2.19. The van der Waals surface area contributed by atoms with E-state index in [-0.39, 0.29) is 0 Å². The molecule has 0 fully saturated rings. The van der Waals surface area contributed by atoms with Gasteiger partial charge in [0, 0.05) is 5.39 Å². The van der Waals surface area contributed by atoms with Gasteiger partial charge in [0.1, 0.15) is 11.5 Å². The summed E-state index contributed by atoms with van der Waals surface area (Å²) >= 11 is 0. The standard InChI is InChI=1S/C21H22O.C4H10.C2H6/c1-13-14(2)16(4)21(17(5)15(13)3)22-20-12-8-10-18-9-6-7-11-19(18)20;1-3-4-2;1-2/h6-12H,1-5H3;3-4H2,1-2H3;1-2H3. The van der Waals surface area contributed by atoms with Crippen LogP contribution >= 0.6 is 0 Å². The minimum atomic E-state index is 0.923. The maximum Gasteiger partial charge on any atom is 0.135 e. The average Bonchev–Trinajstić information content (AvgIpc) is 2.75. The highest BCUT2D eigenvalue weighted by Crippen LogP contribution is 2.37. The molecule has 1 nitrogen and oxygen atoms in total. The first-order valence-electron chi connectivity index (χ1n) is 10.6. The highest BCUT2D eigenvalue weighted by molar-refractivity contribution is 5.88. The Bertz CT molecular complexity index is 854. The predicted octanol–water partition coefficient (Wildman–Crippen LogP) is 9.01. The molecule has 0 radical (unpaired) electrons. The first-order valence-corrected chi connectivity index (χ1v) is 10.6. The van der Waals surface area contributed by atoms with Crippen LogP contribution in [-0.4, -0.2) is 0 Å². The van der Waals surface area contributed by atoms with Crippen molar-refractivity contribution in [2.45, 2.75) is 75.2 Å². The Morgan fingerprint density at radius 2 is 1.07 bits per heavy atom. The zero-order chi connectivity index (χ0) is 21.3. The van der Waals surface area contributed by atoms with Crippen molar-refractivity contribution < 1.29 is 4.74 Å². The Kier molecular flexibility index (Phi) is 9.79. The number of benzene rings is 3. The Labute approximate surface area is 172 Å². The molecule has 0 aromatic heterocycles. The lowest BCUT2D eigenvalue weighted by molar-refractivity contribution is 0.479. The zero-order valence-electron chi connectivity index (χ0n) is 19.4. The van der Waals surface area contributed by atoms with Crippen molar-refractivity contribution >= 4 is 10.8 Å². The molecule has 1 heteroatoms. The highest BCUT2D eigenvalue weighted by Gasteiger charge is 2.15. The van der Waals surface area contributed by atoms with E-state index >= 15 is 0 Å². The van der Waals surface area contributed by atoms with Gasteiger partial charge in [-0.05, 0) is 73.9 Å². The van der Waals surface area contributed by atoms with Crippen LogP contribution in [0.4, 0.5) is 0 Å². The van der Waals surface area contributed by atoms with Crippen LogP contribution in [0.2, 0.25) is 0 Å². The van der Waals surface area contributed by atoms with Crippen molar-refractivity contribution in [3.05, 3.63) is 70.3 Å². The molecule has 0 N–H and O–H groups in total. The number of rotatable bonds is 3. The Morgan fingerprint density at radius 1 is 0.607 bits per heavy atom. The summed E-state index contributed by atoms with van der Waals surface area (Å²) in [7, 11) is 0. The lowest BCUT2D eigenvalue weighted by atomic mass is 9.94. The fourth-order valence-corrected chi connectivity index (χ4v) is 3.01. The molecular formula is C27H38O. The van der Waals surface area contributed by atoms with Crippen LogP contribution in [-0.2, 0) is 0 Å². The molecule has 0 saturated heterocycles. The zero-order valence-corrected chi connectivity index (χ0v) is 19.4. The topological polar surface area (TPSA) is 9.23 Å². The summed E-state index contributed by atoms with van der Waals surface area (Å²) in [6, 6.07) is 14.6. The molecule has 0 unspecified atom stereocenters. The lowest BCUT2D eigenvalue weighted by Crippen LogP contribution is -2.00. The molecule has 0 bridgehead atoms. The van der Waals surface area contributed by atoms with E-state index in [0.29, 0.717) is 0 Å². The Morgan fingerprint density at radius 3 is 1.61 bits per heavy atom. The molecule has 0 aliphatic carbocycles. The Hall–Kier alpha value is -2.28. The van der Waals surface area contributed by atoms with E-state index in [2.05, 4.69) is 84.9 Å². The monoisotopic (exact) mass is 378 g/mol. The summed E-state index contributed by atoms with van der Waals surface area (Å²) in [6.07, 6.45) is 2.64. The van der Waals surface area contributed by atoms with Gasteiger partial charge in [-0.15, -0.1) is 0 Å². The second kappa shape index (κ2) is 11.5. The minimum absolute atomic E-state index is 0.923. The third-order valence-electron chi connectivity index (χ3n) is 5.39. The molecule has 0 spiro atoms. The van der Waals surface area contributed by atoms with Gasteiger partial charge in [-0.3, -0.25) is 0 Å². The molecule has 3 aromatic carbocycles. The Balaban J connectivity index is 0.000000583. The van der Waals surface area contributed by atoms with Crippen LogP contribution < -0.4 is 4.74 Å². The molecule has 3 aromatic rings. The SMILES string of the molecule is CC.CCCC.Cc1c(C)c(C)c(Oc2cccc3ccccc23)c(C)c1C. The van der Waals surface area contributed by atoms with Crippen molar-refractivity contribution in [2.75, 3.05) is 0 Å². The van der Waals surface area contributed by atoms with Crippen LogP contribution in [0.3, 0.4) is 0 Å². The molecular weight excluding hydrogens is 340 g/mol. The first kappa shape index (κ1) is 23.8. The van der Waals surface area contributed by atoms with Gasteiger partial charge in [-0.2, -0.15) is 0 Å². The number of hydrogen-bond acceptors (Lipinski definition) is 1. The second-order valence-corrected chi connectivity index (χ2v) is 7.03. The van der Waals surface area contributed by atoms with Crippen molar-refractivity contribution in [3.63, 3.8) is 0 Å². The van der Waals surface area contributed by atoms with Gasteiger partial charge in [-0.25, -0.2) is 0 Å². The number of fused-ring (bicyclic) bond motifs is 1. The number of hydrogen-bond donors (Lipinski definition) is 0. The van der Waals surface area contributed by atoms with Crippen LogP contribution in [0.15, 0.2) is 42.5 Å². The smallest absolute Gasteiger partial charge is 0.135 e. The quantitative estimate of drug-likeness (QED) is 0.442. The van der Waals surface area contributed by atoms with Gasteiger partial charge >= 0.3 is 0 Å². The van der Waals surface area contributed by atoms with E-state index in [4.69, 9.17) is 4.74 Å². The fraction of sp³-hybridized carbons (Fsp3) is 0.407. The molecule has 0 amide bonds. The van der Waals surface area contributed by atoms with E-state index in [1.807, 2.05) is 19.9 Å². The van der Waals surface area contributed by atoms with Crippen LogP contribution in [0, 0.1) is 34.6 Å². The van der Waals surface area contributed by atoms with Crippen molar-refractivity contribution in [1.29, 1.82) is 0 Å². The van der Waals surface area contributed by atoms with Gasteiger partial charge in [0.25, 0.3) is 0 Å². The van der Waals surface area contributed by atoms with Crippen molar-refractivity contribution in [3.8, 4) is 11.5 Å². The molecule has 152 valence electrons. The summed E-state index contributed by atoms with van der Waals surface area (Å²) in [5.41, 5.74) is 6.46. The molecule has 3 rings (SSSR count). The van der Waals surface area contributed by atoms with E-state index in [1.54, 1.807) is 0 Å². The summed E-state index contributed by atoms with van der Waals surface area (Å²) in [6.45, 7) is 19.2. The number of ether oxygens (including phenoxy) is 1. The van der Waals surface area contributed by atoms with E-state index in [0.717, 1.165) is 16.9 Å². The maximum atomic E-state index is 6.37. The predicted molar refractivity (Wildman–Crippen MR) is 126 cm³/mol. The highest BCUT2D eigenvalue weighted by atomic mass is 16.5.